The van der Waals surface area contributed by atoms with Crippen molar-refractivity contribution in [2.75, 3.05) is 44.3 Å². The average Bonchev–Trinajstić information content (AvgIpc) is 2.89. The first-order valence-electron chi connectivity index (χ1n) is 13.0. The van der Waals surface area contributed by atoms with Crippen molar-refractivity contribution in [3.8, 4) is 6.07 Å². The molecule has 3 rings (SSSR count). The summed E-state index contributed by atoms with van der Waals surface area (Å²) in [4.78, 5) is 35.2. The molecular weight excluding hydrogens is 563 g/mol. The van der Waals surface area contributed by atoms with Gasteiger partial charge in [-0.2, -0.15) is 23.4 Å². The first kappa shape index (κ1) is 33.7. The van der Waals surface area contributed by atoms with Gasteiger partial charge in [0.05, 0.1) is 6.20 Å². The van der Waals surface area contributed by atoms with Crippen molar-refractivity contribution in [1.29, 1.82) is 5.26 Å². The van der Waals surface area contributed by atoms with Crippen LogP contribution in [0.5, 0.6) is 0 Å². The molecule has 1 fully saturated rings. The van der Waals surface area contributed by atoms with E-state index in [1.807, 2.05) is 39.0 Å². The van der Waals surface area contributed by atoms with Crippen molar-refractivity contribution in [3.63, 3.8) is 0 Å². The molecule has 2 N–H and O–H groups in total. The number of nitriles is 1. The zero-order valence-electron chi connectivity index (χ0n) is 23.5. The summed E-state index contributed by atoms with van der Waals surface area (Å²) >= 11 is 6.33. The number of hydrogen-bond donors (Lipinski definition) is 2. The lowest BCUT2D eigenvalue weighted by Crippen LogP contribution is -2.47. The molecule has 2 heterocycles. The summed E-state index contributed by atoms with van der Waals surface area (Å²) in [6.07, 6.45) is -2.52. The van der Waals surface area contributed by atoms with Gasteiger partial charge in [-0.3, -0.25) is 20.1 Å². The van der Waals surface area contributed by atoms with Gasteiger partial charge in [0.25, 0.3) is 5.91 Å². The van der Waals surface area contributed by atoms with E-state index < -0.39 is 12.1 Å². The van der Waals surface area contributed by atoms with Crippen molar-refractivity contribution in [3.05, 3.63) is 52.4 Å². The monoisotopic (exact) mass is 597 g/mol. The molecule has 2 aromatic rings. The smallest absolute Gasteiger partial charge is 0.475 e. The van der Waals surface area contributed by atoms with Crippen molar-refractivity contribution in [1.82, 2.24) is 25.2 Å². The number of nitrogens with one attached hydrogen (secondary N) is 1. The molecular formula is C27H35ClF3N7O3. The Bertz CT molecular complexity index is 1220. The van der Waals surface area contributed by atoms with Crippen LogP contribution in [-0.4, -0.2) is 82.2 Å². The van der Waals surface area contributed by atoms with E-state index in [1.165, 1.54) is 12.6 Å². The Morgan fingerprint density at radius 1 is 1.17 bits per heavy atom. The fourth-order valence-corrected chi connectivity index (χ4v) is 4.18. The summed E-state index contributed by atoms with van der Waals surface area (Å²) in [7, 11) is 0. The predicted molar refractivity (Wildman–Crippen MR) is 148 cm³/mol. The molecule has 0 atom stereocenters. The molecule has 1 saturated heterocycles. The van der Waals surface area contributed by atoms with E-state index in [1.54, 1.807) is 11.1 Å². The molecule has 1 aliphatic rings. The minimum absolute atomic E-state index is 0.00594. The highest BCUT2D eigenvalue weighted by Gasteiger charge is 2.38. The summed E-state index contributed by atoms with van der Waals surface area (Å²) < 4.78 is 31.7. The fraction of sp³-hybridized carbons (Fsp3) is 0.519. The normalized spacial score (nSPS) is 14.4. The molecule has 41 heavy (non-hydrogen) atoms. The van der Waals surface area contributed by atoms with Gasteiger partial charge >= 0.3 is 12.1 Å². The molecule has 1 aromatic carbocycles. The number of benzene rings is 1. The third-order valence-electron chi connectivity index (χ3n) is 5.79. The second-order valence-electron chi connectivity index (χ2n) is 10.7. The van der Waals surface area contributed by atoms with E-state index in [0.29, 0.717) is 17.9 Å². The Labute approximate surface area is 242 Å². The number of rotatable bonds is 8. The molecule has 224 valence electrons. The number of carboxylic acids is 1. The van der Waals surface area contributed by atoms with Crippen LogP contribution in [0.1, 0.15) is 55.9 Å². The number of anilines is 1. The maximum Gasteiger partial charge on any atom is 0.490 e. The molecule has 0 unspecified atom stereocenters. The van der Waals surface area contributed by atoms with Crippen LogP contribution in [0, 0.1) is 16.7 Å². The Morgan fingerprint density at radius 3 is 2.32 bits per heavy atom. The van der Waals surface area contributed by atoms with Gasteiger partial charge < -0.3 is 10.0 Å². The van der Waals surface area contributed by atoms with Crippen molar-refractivity contribution >= 4 is 29.3 Å². The molecule has 0 saturated carbocycles. The highest BCUT2D eigenvalue weighted by molar-refractivity contribution is 6.32. The number of carboxylic acid groups (broad SMARTS) is 1. The van der Waals surface area contributed by atoms with Crippen LogP contribution in [0.3, 0.4) is 0 Å². The van der Waals surface area contributed by atoms with E-state index >= 15 is 0 Å². The van der Waals surface area contributed by atoms with Crippen LogP contribution in [0.25, 0.3) is 0 Å². The highest BCUT2D eigenvalue weighted by Crippen LogP contribution is 2.25. The number of carbonyl (C=O) groups is 2. The van der Waals surface area contributed by atoms with Crippen LogP contribution < -0.4 is 10.4 Å². The van der Waals surface area contributed by atoms with Crippen LogP contribution in [0.4, 0.5) is 19.0 Å². The molecule has 1 amide bonds. The largest absolute Gasteiger partial charge is 0.490 e. The molecule has 0 spiro atoms. The molecule has 1 aromatic heterocycles. The second kappa shape index (κ2) is 15.0. The Kier molecular flexibility index (Phi) is 12.3. The molecule has 10 nitrogen and oxygen atoms in total. The SMILES string of the molecule is CCCN1CCN(Cc2cccc(C(=O)NN(CC(C)(C)C)c3nc(C#N)ncc3Cl)c2)CC1.O=C(O)C(F)(F)F. The number of carbonyl (C=O) groups excluding carboxylic acids is 1. The molecule has 14 heteroatoms. The van der Waals surface area contributed by atoms with E-state index in [0.717, 1.165) is 44.8 Å². The standard InChI is InChI=1S/C25H34ClN7O.C2HF3O2/c1-5-9-31-10-12-32(13-11-31)17-19-7-6-8-20(14-19)24(34)30-33(18-25(2,3)4)23-21(26)16-28-22(15-27)29-23;3-2(4,5)1(6)7/h6-8,14,16H,5,9-13,17-18H2,1-4H3,(H,30,34);(H,6,7). The maximum atomic E-state index is 13.2. The first-order valence-corrected chi connectivity index (χ1v) is 13.4. The fourth-order valence-electron chi connectivity index (χ4n) is 3.99. The summed E-state index contributed by atoms with van der Waals surface area (Å²) in [5, 5.41) is 18.2. The number of aromatic nitrogens is 2. The number of nitrogens with zero attached hydrogens (tertiary/aromatic N) is 6. The van der Waals surface area contributed by atoms with Crippen molar-refractivity contribution < 1.29 is 27.9 Å². The highest BCUT2D eigenvalue weighted by atomic mass is 35.5. The van der Waals surface area contributed by atoms with Gasteiger partial charge in [-0.25, -0.2) is 9.78 Å². The Hall–Kier alpha value is -3.47. The average molecular weight is 598 g/mol. The van der Waals surface area contributed by atoms with E-state index in [4.69, 9.17) is 21.5 Å². The maximum absolute atomic E-state index is 13.2. The number of amides is 1. The molecule has 0 radical (unpaired) electrons. The third-order valence-corrected chi connectivity index (χ3v) is 6.06. The number of alkyl halides is 3. The van der Waals surface area contributed by atoms with Crippen LogP contribution in [0.2, 0.25) is 5.02 Å². The topological polar surface area (TPSA) is 126 Å². The number of hydrazine groups is 1. The quantitative estimate of drug-likeness (QED) is 0.427. The molecule has 0 aliphatic carbocycles. The van der Waals surface area contributed by atoms with Gasteiger partial charge in [-0.15, -0.1) is 0 Å². The first-order chi connectivity index (χ1) is 19.1. The van der Waals surface area contributed by atoms with Gasteiger partial charge in [0.15, 0.2) is 5.82 Å². The van der Waals surface area contributed by atoms with Crippen LogP contribution in [0.15, 0.2) is 30.5 Å². The van der Waals surface area contributed by atoms with Crippen LogP contribution in [-0.2, 0) is 11.3 Å². The predicted octanol–water partition coefficient (Wildman–Crippen LogP) is 4.36. The van der Waals surface area contributed by atoms with Gasteiger partial charge in [0, 0.05) is 44.8 Å². The number of piperazine rings is 1. The minimum Gasteiger partial charge on any atom is -0.475 e. The number of hydrogen-bond acceptors (Lipinski definition) is 8. The van der Waals surface area contributed by atoms with Gasteiger partial charge in [-0.1, -0.05) is 51.4 Å². The second-order valence-corrected chi connectivity index (χ2v) is 11.1. The lowest BCUT2D eigenvalue weighted by atomic mass is 9.96. The van der Waals surface area contributed by atoms with E-state index in [2.05, 4.69) is 38.2 Å². The summed E-state index contributed by atoms with van der Waals surface area (Å²) in [5.41, 5.74) is 4.43. The summed E-state index contributed by atoms with van der Waals surface area (Å²) in [6.45, 7) is 15.0. The van der Waals surface area contributed by atoms with Crippen LogP contribution >= 0.6 is 11.6 Å². The summed E-state index contributed by atoms with van der Waals surface area (Å²) in [5.74, 6) is -2.72. The molecule has 0 bridgehead atoms. The van der Waals surface area contributed by atoms with Gasteiger partial charge in [0.1, 0.15) is 11.1 Å². The van der Waals surface area contributed by atoms with Gasteiger partial charge in [0.2, 0.25) is 5.82 Å². The lowest BCUT2D eigenvalue weighted by Gasteiger charge is -2.34. The third kappa shape index (κ3) is 11.5. The van der Waals surface area contributed by atoms with Gasteiger partial charge in [-0.05, 0) is 36.1 Å². The lowest BCUT2D eigenvalue weighted by molar-refractivity contribution is -0.192. The number of halogens is 4. The zero-order valence-corrected chi connectivity index (χ0v) is 24.3. The van der Waals surface area contributed by atoms with E-state index in [9.17, 15) is 23.2 Å². The van der Waals surface area contributed by atoms with E-state index in [-0.39, 0.29) is 22.2 Å². The van der Waals surface area contributed by atoms with Crippen molar-refractivity contribution in [2.45, 2.75) is 46.8 Å². The number of aliphatic carboxylic acids is 1. The minimum atomic E-state index is -5.08. The summed E-state index contributed by atoms with van der Waals surface area (Å²) in [6, 6.07) is 9.63. The van der Waals surface area contributed by atoms with Crippen molar-refractivity contribution in [2.24, 2.45) is 5.41 Å². The Morgan fingerprint density at radius 2 is 1.78 bits per heavy atom. The molecule has 1 aliphatic heterocycles. The Balaban J connectivity index is 0.000000745. The zero-order chi connectivity index (χ0) is 30.8.